The summed E-state index contributed by atoms with van der Waals surface area (Å²) in [7, 11) is 0. The molecular formula is C14H22S4. The van der Waals surface area contributed by atoms with Crippen LogP contribution < -0.4 is 0 Å². The van der Waals surface area contributed by atoms with Crippen molar-refractivity contribution in [1.82, 2.24) is 0 Å². The molecule has 0 nitrogen and oxygen atoms in total. The van der Waals surface area contributed by atoms with Gasteiger partial charge in [0.15, 0.2) is 0 Å². The zero-order valence-electron chi connectivity index (χ0n) is 10.7. The SMILES string of the molecule is SCCCSCc1ccc(CSCCCS)cc1. The van der Waals surface area contributed by atoms with E-state index < -0.39 is 0 Å². The van der Waals surface area contributed by atoms with E-state index in [-0.39, 0.29) is 0 Å². The molecule has 0 unspecified atom stereocenters. The van der Waals surface area contributed by atoms with Gasteiger partial charge in [0.1, 0.15) is 0 Å². The standard InChI is InChI=1S/C14H22S4/c15-7-1-9-17-11-13-3-5-14(6-4-13)12-18-10-2-8-16/h3-6,15-16H,1-2,7-12H2. The van der Waals surface area contributed by atoms with Crippen molar-refractivity contribution in [1.29, 1.82) is 0 Å². The van der Waals surface area contributed by atoms with Crippen molar-refractivity contribution in [3.05, 3.63) is 35.4 Å². The maximum Gasteiger partial charge on any atom is 0.0184 e. The van der Waals surface area contributed by atoms with Crippen LogP contribution in [0.3, 0.4) is 0 Å². The number of hydrogen-bond acceptors (Lipinski definition) is 4. The van der Waals surface area contributed by atoms with Crippen molar-refractivity contribution in [2.24, 2.45) is 0 Å². The summed E-state index contributed by atoms with van der Waals surface area (Å²) < 4.78 is 0. The minimum atomic E-state index is 0.995. The second-order valence-corrected chi connectivity index (χ2v) is 7.18. The van der Waals surface area contributed by atoms with Crippen LogP contribution in [0.1, 0.15) is 24.0 Å². The van der Waals surface area contributed by atoms with E-state index in [9.17, 15) is 0 Å². The van der Waals surface area contributed by atoms with Crippen LogP contribution in [0.4, 0.5) is 0 Å². The van der Waals surface area contributed by atoms with Crippen LogP contribution in [-0.2, 0) is 11.5 Å². The normalized spacial score (nSPS) is 10.8. The lowest BCUT2D eigenvalue weighted by Gasteiger charge is -2.04. The molecule has 18 heavy (non-hydrogen) atoms. The second-order valence-electron chi connectivity index (χ2n) is 4.08. The molecule has 1 rings (SSSR count). The van der Waals surface area contributed by atoms with Crippen LogP contribution in [0.2, 0.25) is 0 Å². The molecule has 0 spiro atoms. The maximum absolute atomic E-state index is 4.22. The minimum Gasteiger partial charge on any atom is -0.179 e. The maximum atomic E-state index is 4.22. The van der Waals surface area contributed by atoms with Crippen LogP contribution in [0.5, 0.6) is 0 Å². The average molecular weight is 319 g/mol. The van der Waals surface area contributed by atoms with E-state index >= 15 is 0 Å². The Morgan fingerprint density at radius 1 is 0.722 bits per heavy atom. The van der Waals surface area contributed by atoms with E-state index in [0.717, 1.165) is 23.0 Å². The van der Waals surface area contributed by atoms with Gasteiger partial charge in [-0.15, -0.1) is 0 Å². The molecule has 0 heterocycles. The molecule has 0 bridgehead atoms. The molecule has 0 aliphatic carbocycles. The number of thioether (sulfide) groups is 2. The summed E-state index contributed by atoms with van der Waals surface area (Å²) in [5.41, 5.74) is 2.87. The third-order valence-corrected chi connectivity index (χ3v) is 5.32. The number of thiol groups is 2. The quantitative estimate of drug-likeness (QED) is 0.470. The predicted molar refractivity (Wildman–Crippen MR) is 95.7 cm³/mol. The van der Waals surface area contributed by atoms with Crippen LogP contribution in [0.15, 0.2) is 24.3 Å². The van der Waals surface area contributed by atoms with Crippen molar-refractivity contribution >= 4 is 48.8 Å². The van der Waals surface area contributed by atoms with Gasteiger partial charge in [-0.3, -0.25) is 0 Å². The minimum absolute atomic E-state index is 0.995. The van der Waals surface area contributed by atoms with Gasteiger partial charge in [-0.05, 0) is 47.0 Å². The van der Waals surface area contributed by atoms with Gasteiger partial charge in [0, 0.05) is 11.5 Å². The summed E-state index contributed by atoms with van der Waals surface area (Å²) in [6.07, 6.45) is 2.40. The first-order valence-corrected chi connectivity index (χ1v) is 9.89. The molecule has 1 aromatic rings. The van der Waals surface area contributed by atoms with Crippen LogP contribution in [-0.4, -0.2) is 23.0 Å². The van der Waals surface area contributed by atoms with Gasteiger partial charge in [-0.25, -0.2) is 0 Å². The summed E-state index contributed by atoms with van der Waals surface area (Å²) in [6.45, 7) is 0. The highest BCUT2D eigenvalue weighted by Gasteiger charge is 1.96. The van der Waals surface area contributed by atoms with E-state index in [0.29, 0.717) is 0 Å². The third-order valence-electron chi connectivity index (χ3n) is 2.45. The topological polar surface area (TPSA) is 0 Å². The van der Waals surface area contributed by atoms with Crippen molar-refractivity contribution in [3.63, 3.8) is 0 Å². The molecule has 102 valence electrons. The molecule has 0 aliphatic rings. The summed E-state index contributed by atoms with van der Waals surface area (Å²) in [4.78, 5) is 0. The highest BCUT2D eigenvalue weighted by Crippen LogP contribution is 2.17. The van der Waals surface area contributed by atoms with E-state index in [1.165, 1.54) is 35.5 Å². The van der Waals surface area contributed by atoms with Gasteiger partial charge in [-0.2, -0.15) is 48.8 Å². The molecule has 0 radical (unpaired) electrons. The number of rotatable bonds is 10. The lowest BCUT2D eigenvalue weighted by Crippen LogP contribution is -1.87. The Kier molecular flexibility index (Phi) is 10.6. The molecule has 0 aliphatic heterocycles. The Morgan fingerprint density at radius 2 is 1.11 bits per heavy atom. The fourth-order valence-electron chi connectivity index (χ4n) is 1.44. The highest BCUT2D eigenvalue weighted by atomic mass is 32.2. The third kappa shape index (κ3) is 7.93. The Labute approximate surface area is 131 Å². The predicted octanol–water partition coefficient (Wildman–Crippen LogP) is 4.79. The fraction of sp³-hybridized carbons (Fsp3) is 0.571. The van der Waals surface area contributed by atoms with Gasteiger partial charge >= 0.3 is 0 Å². The molecule has 0 aromatic heterocycles. The van der Waals surface area contributed by atoms with Gasteiger partial charge in [0.2, 0.25) is 0 Å². The van der Waals surface area contributed by atoms with Gasteiger partial charge in [0.25, 0.3) is 0 Å². The molecule has 0 amide bonds. The van der Waals surface area contributed by atoms with E-state index in [1.54, 1.807) is 0 Å². The Balaban J connectivity index is 2.20. The lowest BCUT2D eigenvalue weighted by molar-refractivity contribution is 1.12. The van der Waals surface area contributed by atoms with Crippen LogP contribution in [0, 0.1) is 0 Å². The summed E-state index contributed by atoms with van der Waals surface area (Å²) in [5.74, 6) is 6.67. The van der Waals surface area contributed by atoms with Crippen molar-refractivity contribution < 1.29 is 0 Å². The van der Waals surface area contributed by atoms with E-state index in [4.69, 9.17) is 0 Å². The first-order valence-electron chi connectivity index (χ1n) is 6.32. The number of benzene rings is 1. The lowest BCUT2D eigenvalue weighted by atomic mass is 10.2. The molecule has 0 atom stereocenters. The molecule has 0 saturated heterocycles. The Bertz CT molecular complexity index is 266. The van der Waals surface area contributed by atoms with Crippen LogP contribution >= 0.6 is 48.8 Å². The molecular weight excluding hydrogens is 296 g/mol. The summed E-state index contributed by atoms with van der Waals surface area (Å²) in [6, 6.07) is 9.06. The summed E-state index contributed by atoms with van der Waals surface area (Å²) >= 11 is 12.4. The molecule has 0 N–H and O–H groups in total. The highest BCUT2D eigenvalue weighted by molar-refractivity contribution is 7.98. The Hall–Kier alpha value is 0.620. The van der Waals surface area contributed by atoms with Gasteiger partial charge in [-0.1, -0.05) is 24.3 Å². The van der Waals surface area contributed by atoms with E-state index in [2.05, 4.69) is 49.5 Å². The monoisotopic (exact) mass is 318 g/mol. The molecule has 0 fully saturated rings. The Morgan fingerprint density at radius 3 is 1.44 bits per heavy atom. The zero-order chi connectivity index (χ0) is 13.1. The van der Waals surface area contributed by atoms with Gasteiger partial charge in [0.05, 0.1) is 0 Å². The van der Waals surface area contributed by atoms with Gasteiger partial charge < -0.3 is 0 Å². The van der Waals surface area contributed by atoms with Crippen molar-refractivity contribution in [2.45, 2.75) is 24.3 Å². The average Bonchev–Trinajstić information content (AvgIpc) is 2.41. The zero-order valence-corrected chi connectivity index (χ0v) is 14.1. The number of hydrogen-bond donors (Lipinski definition) is 2. The van der Waals surface area contributed by atoms with Crippen molar-refractivity contribution in [3.8, 4) is 0 Å². The van der Waals surface area contributed by atoms with E-state index in [1.807, 2.05) is 23.5 Å². The molecule has 4 heteroatoms. The largest absolute Gasteiger partial charge is 0.179 e. The molecule has 1 aromatic carbocycles. The first kappa shape index (κ1) is 16.7. The second kappa shape index (κ2) is 11.4. The fourth-order valence-corrected chi connectivity index (χ4v) is 4.03. The smallest absolute Gasteiger partial charge is 0.0184 e. The van der Waals surface area contributed by atoms with Crippen LogP contribution in [0.25, 0.3) is 0 Å². The first-order chi connectivity index (χ1) is 8.86. The van der Waals surface area contributed by atoms with Crippen molar-refractivity contribution in [2.75, 3.05) is 23.0 Å². The molecule has 0 saturated carbocycles. The summed E-state index contributed by atoms with van der Waals surface area (Å²) in [5, 5.41) is 0.